The van der Waals surface area contributed by atoms with Crippen molar-refractivity contribution in [1.29, 1.82) is 0 Å². The Kier molecular flexibility index (Phi) is 5.94. The minimum atomic E-state index is -0.760. The third kappa shape index (κ3) is 4.57. The van der Waals surface area contributed by atoms with Gasteiger partial charge in [-0.2, -0.15) is 0 Å². The molecule has 0 unspecified atom stereocenters. The number of pyridine rings is 1. The van der Waals surface area contributed by atoms with Gasteiger partial charge in [0.1, 0.15) is 17.6 Å². The van der Waals surface area contributed by atoms with Gasteiger partial charge in [0, 0.05) is 24.5 Å². The van der Waals surface area contributed by atoms with E-state index in [4.69, 9.17) is 9.47 Å². The van der Waals surface area contributed by atoms with Gasteiger partial charge in [0.15, 0.2) is 0 Å². The fourth-order valence-corrected chi connectivity index (χ4v) is 2.87. The summed E-state index contributed by atoms with van der Waals surface area (Å²) >= 11 is 0. The third-order valence-corrected chi connectivity index (χ3v) is 4.44. The van der Waals surface area contributed by atoms with E-state index in [1.807, 2.05) is 61.5 Å². The number of aryl methyl sites for hydroxylation is 1. The zero-order valence-electron chi connectivity index (χ0n) is 15.8. The third-order valence-electron chi connectivity index (χ3n) is 4.44. The van der Waals surface area contributed by atoms with E-state index in [0.717, 1.165) is 33.9 Å². The van der Waals surface area contributed by atoms with Gasteiger partial charge in [-0.1, -0.05) is 18.2 Å². The van der Waals surface area contributed by atoms with E-state index in [9.17, 15) is 5.11 Å². The summed E-state index contributed by atoms with van der Waals surface area (Å²) in [6, 6.07) is 17.2. The number of methoxy groups -OCH3 is 2. The Labute approximate surface area is 159 Å². The van der Waals surface area contributed by atoms with Crippen LogP contribution in [0.25, 0.3) is 0 Å². The highest BCUT2D eigenvalue weighted by Crippen LogP contribution is 2.27. The lowest BCUT2D eigenvalue weighted by atomic mass is 10.0. The van der Waals surface area contributed by atoms with E-state index in [-0.39, 0.29) is 0 Å². The molecule has 0 fully saturated rings. The summed E-state index contributed by atoms with van der Waals surface area (Å²) in [5, 5.41) is 14.0. The van der Waals surface area contributed by atoms with Gasteiger partial charge in [-0.25, -0.2) is 0 Å². The van der Waals surface area contributed by atoms with Gasteiger partial charge in [0.05, 0.1) is 19.9 Å². The molecule has 3 aromatic rings. The summed E-state index contributed by atoms with van der Waals surface area (Å²) in [5.41, 5.74) is 4.53. The first kappa shape index (κ1) is 18.7. The minimum absolute atomic E-state index is 0.609. The smallest absolute Gasteiger partial charge is 0.122 e. The van der Waals surface area contributed by atoms with Crippen LogP contribution in [0.2, 0.25) is 0 Å². The lowest BCUT2D eigenvalue weighted by Crippen LogP contribution is -2.06. The molecule has 0 radical (unpaired) electrons. The minimum Gasteiger partial charge on any atom is -0.497 e. The quantitative estimate of drug-likeness (QED) is 0.661. The maximum atomic E-state index is 10.6. The second kappa shape index (κ2) is 8.56. The number of anilines is 1. The molecule has 140 valence electrons. The average molecular weight is 364 g/mol. The van der Waals surface area contributed by atoms with Crippen LogP contribution < -0.4 is 14.8 Å². The van der Waals surface area contributed by atoms with Gasteiger partial charge in [-0.15, -0.1) is 0 Å². The molecule has 1 atom stereocenters. The monoisotopic (exact) mass is 364 g/mol. The molecule has 0 saturated heterocycles. The molecule has 2 aromatic carbocycles. The molecule has 1 aromatic heterocycles. The van der Waals surface area contributed by atoms with E-state index in [1.165, 1.54) is 0 Å². The van der Waals surface area contributed by atoms with Crippen molar-refractivity contribution in [3.8, 4) is 11.5 Å². The van der Waals surface area contributed by atoms with Crippen molar-refractivity contribution in [2.45, 2.75) is 19.6 Å². The molecular formula is C22H24N2O3. The van der Waals surface area contributed by atoms with Crippen LogP contribution >= 0.6 is 0 Å². The van der Waals surface area contributed by atoms with Gasteiger partial charge in [-0.3, -0.25) is 4.98 Å². The van der Waals surface area contributed by atoms with E-state index in [0.29, 0.717) is 12.2 Å². The number of nitrogens with one attached hydrogen (secondary N) is 1. The van der Waals surface area contributed by atoms with Crippen molar-refractivity contribution in [2.75, 3.05) is 19.5 Å². The number of nitrogens with zero attached hydrogens (tertiary/aromatic N) is 1. The molecule has 0 aliphatic heterocycles. The Morgan fingerprint density at radius 2 is 1.74 bits per heavy atom. The van der Waals surface area contributed by atoms with Gasteiger partial charge >= 0.3 is 0 Å². The molecule has 0 aliphatic carbocycles. The summed E-state index contributed by atoms with van der Waals surface area (Å²) in [6.07, 6.45) is 0.923. The number of rotatable bonds is 7. The van der Waals surface area contributed by atoms with Gasteiger partial charge in [0.2, 0.25) is 0 Å². The van der Waals surface area contributed by atoms with E-state index >= 15 is 0 Å². The topological polar surface area (TPSA) is 63.6 Å². The highest BCUT2D eigenvalue weighted by Gasteiger charge is 2.13. The van der Waals surface area contributed by atoms with E-state index < -0.39 is 6.10 Å². The molecular weight excluding hydrogens is 340 g/mol. The van der Waals surface area contributed by atoms with Crippen LogP contribution in [-0.4, -0.2) is 24.3 Å². The highest BCUT2D eigenvalue weighted by atomic mass is 16.5. The second-order valence-corrected chi connectivity index (χ2v) is 6.31. The van der Waals surface area contributed by atoms with Crippen molar-refractivity contribution in [1.82, 2.24) is 4.98 Å². The fourth-order valence-electron chi connectivity index (χ4n) is 2.87. The number of hydrogen-bond donors (Lipinski definition) is 2. The largest absolute Gasteiger partial charge is 0.497 e. The van der Waals surface area contributed by atoms with Crippen molar-refractivity contribution in [3.63, 3.8) is 0 Å². The number of aliphatic hydroxyl groups excluding tert-OH is 1. The Morgan fingerprint density at radius 1 is 1.00 bits per heavy atom. The predicted molar refractivity (Wildman–Crippen MR) is 106 cm³/mol. The van der Waals surface area contributed by atoms with Crippen LogP contribution in [0.1, 0.15) is 28.5 Å². The summed E-state index contributed by atoms with van der Waals surface area (Å²) < 4.78 is 10.6. The van der Waals surface area contributed by atoms with Gasteiger partial charge in [0.25, 0.3) is 0 Å². The lowest BCUT2D eigenvalue weighted by Gasteiger charge is -2.16. The van der Waals surface area contributed by atoms with Crippen molar-refractivity contribution >= 4 is 5.69 Å². The molecule has 0 aliphatic rings. The van der Waals surface area contributed by atoms with Crippen molar-refractivity contribution in [2.24, 2.45) is 0 Å². The van der Waals surface area contributed by atoms with Gasteiger partial charge < -0.3 is 19.9 Å². The first-order valence-corrected chi connectivity index (χ1v) is 8.76. The van der Waals surface area contributed by atoms with Crippen LogP contribution in [-0.2, 0) is 6.54 Å². The Bertz CT molecular complexity index is 875. The molecule has 0 amide bonds. The van der Waals surface area contributed by atoms with E-state index in [1.54, 1.807) is 20.4 Å². The zero-order valence-corrected chi connectivity index (χ0v) is 15.8. The number of hydrogen-bond acceptors (Lipinski definition) is 5. The summed E-state index contributed by atoms with van der Waals surface area (Å²) in [6.45, 7) is 2.64. The van der Waals surface area contributed by atoms with Crippen LogP contribution in [0.3, 0.4) is 0 Å². The molecule has 0 spiro atoms. The Morgan fingerprint density at radius 3 is 2.37 bits per heavy atom. The summed E-state index contributed by atoms with van der Waals surface area (Å²) in [5.74, 6) is 1.50. The Hall–Kier alpha value is -3.05. The standard InChI is InChI=1S/C22H24N2O3/c1-15-7-8-17(22(25)20-6-4-5-9-23-20)12-21(15)24-14-16-10-18(26-2)13-19(11-16)27-3/h4-13,22,24-25H,14H2,1-3H3/t22-/m1/s1. The van der Waals surface area contributed by atoms with Crippen molar-refractivity contribution < 1.29 is 14.6 Å². The number of benzene rings is 2. The van der Waals surface area contributed by atoms with Crippen LogP contribution in [0.5, 0.6) is 11.5 Å². The molecule has 0 bridgehead atoms. The molecule has 5 heteroatoms. The number of aromatic nitrogens is 1. The molecule has 5 nitrogen and oxygen atoms in total. The molecule has 1 heterocycles. The maximum absolute atomic E-state index is 10.6. The number of aliphatic hydroxyl groups is 1. The summed E-state index contributed by atoms with van der Waals surface area (Å²) in [7, 11) is 3.28. The van der Waals surface area contributed by atoms with Crippen LogP contribution in [0.15, 0.2) is 60.8 Å². The SMILES string of the molecule is COc1cc(CNc2cc([C@@H](O)c3ccccn3)ccc2C)cc(OC)c1. The lowest BCUT2D eigenvalue weighted by molar-refractivity contribution is 0.215. The molecule has 0 saturated carbocycles. The zero-order chi connectivity index (χ0) is 19.2. The maximum Gasteiger partial charge on any atom is 0.122 e. The van der Waals surface area contributed by atoms with Crippen molar-refractivity contribution in [3.05, 3.63) is 83.2 Å². The molecule has 27 heavy (non-hydrogen) atoms. The van der Waals surface area contributed by atoms with Crippen LogP contribution in [0, 0.1) is 6.92 Å². The number of ether oxygens (including phenoxy) is 2. The first-order chi connectivity index (χ1) is 13.1. The van der Waals surface area contributed by atoms with Crippen LogP contribution in [0.4, 0.5) is 5.69 Å². The second-order valence-electron chi connectivity index (χ2n) is 6.31. The average Bonchev–Trinajstić information content (AvgIpc) is 2.73. The van der Waals surface area contributed by atoms with E-state index in [2.05, 4.69) is 10.3 Å². The Balaban J connectivity index is 1.79. The van der Waals surface area contributed by atoms with Gasteiger partial charge in [-0.05, 0) is 53.9 Å². The predicted octanol–water partition coefficient (Wildman–Crippen LogP) is 4.10. The molecule has 3 rings (SSSR count). The summed E-state index contributed by atoms with van der Waals surface area (Å²) in [4.78, 5) is 4.24. The molecule has 2 N–H and O–H groups in total. The normalized spacial score (nSPS) is 11.7. The highest BCUT2D eigenvalue weighted by molar-refractivity contribution is 5.54. The fraction of sp³-hybridized carbons (Fsp3) is 0.227. The first-order valence-electron chi connectivity index (χ1n) is 8.76.